The van der Waals surface area contributed by atoms with Gasteiger partial charge < -0.3 is 5.32 Å². The van der Waals surface area contributed by atoms with Crippen LogP contribution in [-0.4, -0.2) is 23.9 Å². The number of carbonyl (C=O) groups excluding carboxylic acids is 2. The first-order valence-electron chi connectivity index (χ1n) is 5.92. The Balaban J connectivity index is 2.38. The zero-order valence-electron chi connectivity index (χ0n) is 10.6. The zero-order valence-corrected chi connectivity index (χ0v) is 11.3. The molecule has 1 aromatic rings. The molecule has 104 valence electrons. The van der Waals surface area contributed by atoms with Gasteiger partial charge in [0.25, 0.3) is 0 Å². The van der Waals surface area contributed by atoms with Gasteiger partial charge in [-0.1, -0.05) is 12.1 Å². The molecule has 0 saturated heterocycles. The molecule has 0 saturated carbocycles. The summed E-state index contributed by atoms with van der Waals surface area (Å²) in [5.74, 6) is -0.542. The number of benzene rings is 1. The average Bonchev–Trinajstić information content (AvgIpc) is 2.32. The van der Waals surface area contributed by atoms with Crippen LogP contribution in [0.1, 0.15) is 18.9 Å². The molecule has 3 amide bonds. The van der Waals surface area contributed by atoms with Crippen LogP contribution in [0.2, 0.25) is 0 Å². The molecule has 0 heterocycles. The fourth-order valence-electron chi connectivity index (χ4n) is 1.56. The Bertz CT molecular complexity index is 437. The fourth-order valence-corrected chi connectivity index (χ4v) is 1.73. The number of rotatable bonds is 5. The summed E-state index contributed by atoms with van der Waals surface area (Å²) >= 11 is 5.38. The fraction of sp³-hybridized carbons (Fsp3) is 0.385. The van der Waals surface area contributed by atoms with Crippen LogP contribution < -0.4 is 10.6 Å². The third-order valence-electron chi connectivity index (χ3n) is 2.41. The number of urea groups is 1. The van der Waals surface area contributed by atoms with Crippen LogP contribution in [0, 0.1) is 5.82 Å². The van der Waals surface area contributed by atoms with Crippen molar-refractivity contribution in [1.29, 1.82) is 0 Å². The van der Waals surface area contributed by atoms with E-state index < -0.39 is 11.9 Å². The number of hydrogen-bond acceptors (Lipinski definition) is 2. The van der Waals surface area contributed by atoms with E-state index >= 15 is 0 Å². The van der Waals surface area contributed by atoms with Crippen LogP contribution in [0.4, 0.5) is 9.18 Å². The van der Waals surface area contributed by atoms with E-state index in [4.69, 9.17) is 11.6 Å². The minimum atomic E-state index is -0.551. The van der Waals surface area contributed by atoms with Crippen LogP contribution in [0.3, 0.4) is 0 Å². The maximum absolute atomic E-state index is 12.7. The predicted molar refractivity (Wildman–Crippen MR) is 71.6 cm³/mol. The second kappa shape index (κ2) is 7.74. The monoisotopic (exact) mass is 286 g/mol. The van der Waals surface area contributed by atoms with Crippen molar-refractivity contribution in [3.8, 4) is 0 Å². The lowest BCUT2D eigenvalue weighted by atomic mass is 10.1. The van der Waals surface area contributed by atoms with E-state index in [0.29, 0.717) is 6.42 Å². The molecule has 1 atom stereocenters. The van der Waals surface area contributed by atoms with Crippen molar-refractivity contribution in [2.45, 2.75) is 25.8 Å². The number of imide groups is 1. The number of alkyl halides is 1. The molecule has 0 aliphatic heterocycles. The second-order valence-corrected chi connectivity index (χ2v) is 4.57. The molecule has 4 nitrogen and oxygen atoms in total. The van der Waals surface area contributed by atoms with E-state index in [2.05, 4.69) is 10.6 Å². The first kappa shape index (κ1) is 15.4. The van der Waals surface area contributed by atoms with Crippen LogP contribution in [0.25, 0.3) is 0 Å². The molecule has 0 aliphatic rings. The molecule has 1 rings (SSSR count). The highest BCUT2D eigenvalue weighted by Crippen LogP contribution is 2.05. The standard InChI is InChI=1S/C13H16ClFN2O2/c1-9(8-10-2-4-11(15)5-3-10)16-13(19)17-12(18)6-7-14/h2-5,9H,6-8H2,1H3,(H2,16,17,18,19). The first-order valence-corrected chi connectivity index (χ1v) is 6.45. The molecule has 0 spiro atoms. The zero-order chi connectivity index (χ0) is 14.3. The smallest absolute Gasteiger partial charge is 0.321 e. The lowest BCUT2D eigenvalue weighted by Crippen LogP contribution is -2.44. The van der Waals surface area contributed by atoms with E-state index in [1.54, 1.807) is 19.1 Å². The van der Waals surface area contributed by atoms with Crippen molar-refractivity contribution >= 4 is 23.5 Å². The summed E-state index contributed by atoms with van der Waals surface area (Å²) in [4.78, 5) is 22.6. The summed E-state index contributed by atoms with van der Waals surface area (Å²) in [5.41, 5.74) is 0.904. The number of hydrogen-bond donors (Lipinski definition) is 2. The maximum atomic E-state index is 12.7. The summed E-state index contributed by atoms with van der Waals surface area (Å²) in [6.07, 6.45) is 0.652. The lowest BCUT2D eigenvalue weighted by Gasteiger charge is -2.14. The number of amides is 3. The van der Waals surface area contributed by atoms with E-state index in [1.165, 1.54) is 12.1 Å². The van der Waals surface area contributed by atoms with Gasteiger partial charge in [-0.05, 0) is 31.0 Å². The van der Waals surface area contributed by atoms with Gasteiger partial charge in [0.2, 0.25) is 5.91 Å². The minimum Gasteiger partial charge on any atom is -0.335 e. The Morgan fingerprint density at radius 3 is 2.53 bits per heavy atom. The van der Waals surface area contributed by atoms with Crippen molar-refractivity contribution in [3.05, 3.63) is 35.6 Å². The molecular weight excluding hydrogens is 271 g/mol. The predicted octanol–water partition coefficient (Wildman–Crippen LogP) is 2.21. The van der Waals surface area contributed by atoms with Gasteiger partial charge >= 0.3 is 6.03 Å². The van der Waals surface area contributed by atoms with Gasteiger partial charge in [0.05, 0.1) is 0 Å². The molecule has 0 radical (unpaired) electrons. The first-order chi connectivity index (χ1) is 9.01. The molecule has 1 aromatic carbocycles. The summed E-state index contributed by atoms with van der Waals surface area (Å²) in [6.45, 7) is 1.80. The quantitative estimate of drug-likeness (QED) is 0.816. The Morgan fingerprint density at radius 1 is 1.32 bits per heavy atom. The van der Waals surface area contributed by atoms with Crippen LogP contribution >= 0.6 is 11.6 Å². The van der Waals surface area contributed by atoms with E-state index in [-0.39, 0.29) is 24.2 Å². The van der Waals surface area contributed by atoms with Crippen LogP contribution in [-0.2, 0) is 11.2 Å². The molecule has 0 aromatic heterocycles. The Morgan fingerprint density at radius 2 is 1.95 bits per heavy atom. The second-order valence-electron chi connectivity index (χ2n) is 4.19. The van der Waals surface area contributed by atoms with Gasteiger partial charge in [0.15, 0.2) is 0 Å². The summed E-state index contributed by atoms with van der Waals surface area (Å²) in [5, 5.41) is 4.80. The lowest BCUT2D eigenvalue weighted by molar-refractivity contribution is -0.119. The number of halogens is 2. The van der Waals surface area contributed by atoms with Crippen LogP contribution in [0.5, 0.6) is 0 Å². The molecule has 2 N–H and O–H groups in total. The van der Waals surface area contributed by atoms with Crippen LogP contribution in [0.15, 0.2) is 24.3 Å². The van der Waals surface area contributed by atoms with Gasteiger partial charge in [-0.25, -0.2) is 9.18 Å². The van der Waals surface area contributed by atoms with E-state index in [1.807, 2.05) is 0 Å². The summed E-state index contributed by atoms with van der Waals surface area (Å²) in [7, 11) is 0. The van der Waals surface area contributed by atoms with Crippen molar-refractivity contribution in [3.63, 3.8) is 0 Å². The van der Waals surface area contributed by atoms with E-state index in [0.717, 1.165) is 5.56 Å². The molecule has 19 heavy (non-hydrogen) atoms. The molecule has 1 unspecified atom stereocenters. The summed E-state index contributed by atoms with van der Waals surface area (Å²) in [6, 6.07) is 5.32. The molecule has 0 aliphatic carbocycles. The van der Waals surface area contributed by atoms with Crippen molar-refractivity contribution in [1.82, 2.24) is 10.6 Å². The molecule has 6 heteroatoms. The normalized spacial score (nSPS) is 11.7. The van der Waals surface area contributed by atoms with Gasteiger partial charge in [0, 0.05) is 18.3 Å². The van der Waals surface area contributed by atoms with Gasteiger partial charge in [-0.15, -0.1) is 11.6 Å². The minimum absolute atomic E-state index is 0.0985. The topological polar surface area (TPSA) is 58.2 Å². The molecule has 0 bridgehead atoms. The Hall–Kier alpha value is -1.62. The highest BCUT2D eigenvalue weighted by atomic mass is 35.5. The molecular formula is C13H16ClFN2O2. The third-order valence-corrected chi connectivity index (χ3v) is 2.60. The maximum Gasteiger partial charge on any atom is 0.321 e. The Labute approximate surface area is 116 Å². The third kappa shape index (κ3) is 6.20. The van der Waals surface area contributed by atoms with Crippen molar-refractivity contribution in [2.75, 3.05) is 5.88 Å². The summed E-state index contributed by atoms with van der Waals surface area (Å²) < 4.78 is 12.7. The average molecular weight is 287 g/mol. The Kier molecular flexibility index (Phi) is 6.29. The van der Waals surface area contributed by atoms with Gasteiger partial charge in [-0.2, -0.15) is 0 Å². The highest BCUT2D eigenvalue weighted by molar-refractivity contribution is 6.19. The number of carbonyl (C=O) groups is 2. The molecule has 0 fully saturated rings. The SMILES string of the molecule is CC(Cc1ccc(F)cc1)NC(=O)NC(=O)CCCl. The van der Waals surface area contributed by atoms with Crippen molar-refractivity contribution in [2.24, 2.45) is 0 Å². The van der Waals surface area contributed by atoms with Gasteiger partial charge in [-0.3, -0.25) is 10.1 Å². The highest BCUT2D eigenvalue weighted by Gasteiger charge is 2.10. The number of nitrogens with one attached hydrogen (secondary N) is 2. The largest absolute Gasteiger partial charge is 0.335 e. The van der Waals surface area contributed by atoms with E-state index in [9.17, 15) is 14.0 Å². The van der Waals surface area contributed by atoms with Gasteiger partial charge in [0.1, 0.15) is 5.82 Å². The van der Waals surface area contributed by atoms with Crippen molar-refractivity contribution < 1.29 is 14.0 Å².